The molecule has 0 N–H and O–H groups in total. The molecule has 21 heavy (non-hydrogen) atoms. The van der Waals surface area contributed by atoms with Gasteiger partial charge in [0.15, 0.2) is 0 Å². The molecule has 114 valence electrons. The Morgan fingerprint density at radius 1 is 0.905 bits per heavy atom. The van der Waals surface area contributed by atoms with Gasteiger partial charge in [0.1, 0.15) is 12.4 Å². The fourth-order valence-corrected chi connectivity index (χ4v) is 2.90. The Morgan fingerprint density at radius 3 is 2.29 bits per heavy atom. The van der Waals surface area contributed by atoms with Gasteiger partial charge in [0, 0.05) is 0 Å². The maximum absolute atomic E-state index is 2.39. The van der Waals surface area contributed by atoms with Crippen molar-refractivity contribution >= 4 is 0 Å². The lowest BCUT2D eigenvalue weighted by Crippen LogP contribution is -2.29. The molecule has 1 aromatic carbocycles. The van der Waals surface area contributed by atoms with Gasteiger partial charge in [-0.25, -0.2) is 9.13 Å². The van der Waals surface area contributed by atoms with Gasteiger partial charge in [-0.3, -0.25) is 0 Å². The van der Waals surface area contributed by atoms with Crippen LogP contribution in [-0.4, -0.2) is 4.57 Å². The van der Waals surface area contributed by atoms with Crippen molar-refractivity contribution in [3.63, 3.8) is 0 Å². The van der Waals surface area contributed by atoms with Crippen molar-refractivity contribution in [2.45, 2.75) is 58.4 Å². The van der Waals surface area contributed by atoms with Crippen LogP contribution in [0, 0.1) is 0 Å². The van der Waals surface area contributed by atoms with E-state index >= 15 is 0 Å². The first-order valence-corrected chi connectivity index (χ1v) is 8.43. The van der Waals surface area contributed by atoms with Crippen LogP contribution >= 0.6 is 0 Å². The maximum Gasteiger partial charge on any atom is 0.288 e. The molecule has 0 unspecified atom stereocenters. The first-order chi connectivity index (χ1) is 10.3. The lowest BCUT2D eigenvalue weighted by Gasteiger charge is -2.04. The number of benzene rings is 1. The van der Waals surface area contributed by atoms with Gasteiger partial charge in [-0.1, -0.05) is 57.2 Å². The van der Waals surface area contributed by atoms with Crippen LogP contribution in [0.2, 0.25) is 0 Å². The van der Waals surface area contributed by atoms with E-state index in [4.69, 9.17) is 0 Å². The summed E-state index contributed by atoms with van der Waals surface area (Å²) in [6.45, 7) is 3.40. The van der Waals surface area contributed by atoms with Crippen molar-refractivity contribution < 1.29 is 4.57 Å². The Kier molecular flexibility index (Phi) is 6.52. The van der Waals surface area contributed by atoms with Gasteiger partial charge in [-0.05, 0) is 25.0 Å². The number of unbranched alkanes of at least 4 members (excludes halogenated alkanes) is 6. The van der Waals surface area contributed by atoms with E-state index in [9.17, 15) is 0 Å². The number of rotatable bonds is 9. The zero-order chi connectivity index (χ0) is 14.9. The molecule has 0 saturated carbocycles. The molecule has 0 amide bonds. The Labute approximate surface area is 129 Å². The van der Waals surface area contributed by atoms with Crippen LogP contribution in [0.15, 0.2) is 42.7 Å². The molecule has 0 aliphatic heterocycles. The summed E-state index contributed by atoms with van der Waals surface area (Å²) < 4.78 is 4.61. The van der Waals surface area contributed by atoms with Crippen LogP contribution < -0.4 is 4.57 Å². The average molecular weight is 285 g/mol. The zero-order valence-corrected chi connectivity index (χ0v) is 13.6. The summed E-state index contributed by atoms with van der Waals surface area (Å²) in [5, 5.41) is 0. The predicted octanol–water partition coefficient (Wildman–Crippen LogP) is 4.73. The average Bonchev–Trinajstić information content (AvgIpc) is 2.88. The number of aryl methyl sites for hydroxylation is 2. The molecule has 0 saturated heterocycles. The third-order valence-corrected chi connectivity index (χ3v) is 4.11. The first kappa shape index (κ1) is 15.8. The minimum Gasteiger partial charge on any atom is -0.233 e. The summed E-state index contributed by atoms with van der Waals surface area (Å²) in [5.41, 5.74) is 1.30. The molecule has 0 aliphatic carbocycles. The molecule has 2 heteroatoms. The van der Waals surface area contributed by atoms with Crippen molar-refractivity contribution in [2.75, 3.05) is 0 Å². The van der Waals surface area contributed by atoms with E-state index in [-0.39, 0.29) is 0 Å². The molecule has 0 atom stereocenters. The van der Waals surface area contributed by atoms with Crippen LogP contribution in [0.5, 0.6) is 0 Å². The van der Waals surface area contributed by atoms with Crippen LogP contribution in [-0.2, 0) is 13.6 Å². The first-order valence-electron chi connectivity index (χ1n) is 8.43. The highest BCUT2D eigenvalue weighted by molar-refractivity contribution is 5.52. The number of nitrogens with zero attached hydrogens (tertiary/aromatic N) is 2. The van der Waals surface area contributed by atoms with E-state index in [1.165, 1.54) is 56.3 Å². The van der Waals surface area contributed by atoms with E-state index in [0.717, 1.165) is 6.54 Å². The van der Waals surface area contributed by atoms with Gasteiger partial charge >= 0.3 is 0 Å². The molecule has 1 aromatic heterocycles. The van der Waals surface area contributed by atoms with Crippen LogP contribution in [0.25, 0.3) is 11.4 Å². The molecule has 0 radical (unpaired) electrons. The summed E-state index contributed by atoms with van der Waals surface area (Å²) in [7, 11) is 2.13. The topological polar surface area (TPSA) is 8.81 Å². The van der Waals surface area contributed by atoms with Gasteiger partial charge in [0.05, 0.1) is 19.2 Å². The van der Waals surface area contributed by atoms with Crippen molar-refractivity contribution in [1.29, 1.82) is 0 Å². The van der Waals surface area contributed by atoms with E-state index in [1.807, 2.05) is 0 Å². The number of hydrogen-bond donors (Lipinski definition) is 0. The Bertz CT molecular complexity index is 514. The summed E-state index contributed by atoms with van der Waals surface area (Å²) in [4.78, 5) is 0. The fraction of sp³-hybridized carbons (Fsp3) is 0.526. The number of aromatic nitrogens is 2. The Hall–Kier alpha value is -1.57. The minimum atomic E-state index is 1.12. The SMILES string of the molecule is CCCCCCCCCn1cc[n+](C)c1-c1ccccc1. The normalized spacial score (nSPS) is 11.0. The Morgan fingerprint density at radius 2 is 1.57 bits per heavy atom. The third kappa shape index (κ3) is 4.73. The molecule has 0 fully saturated rings. The quantitative estimate of drug-likeness (QED) is 0.465. The molecule has 2 aromatic rings. The lowest BCUT2D eigenvalue weighted by atomic mass is 10.1. The molecule has 1 heterocycles. The molecule has 0 bridgehead atoms. The number of imidazole rings is 1. The molecule has 2 nitrogen and oxygen atoms in total. The van der Waals surface area contributed by atoms with Gasteiger partial charge in [0.2, 0.25) is 0 Å². The van der Waals surface area contributed by atoms with Crippen LogP contribution in [0.1, 0.15) is 51.9 Å². The molecular formula is C19H29N2+. The summed E-state index contributed by atoms with van der Waals surface area (Å²) in [6.07, 6.45) is 13.9. The van der Waals surface area contributed by atoms with E-state index in [2.05, 4.69) is 65.8 Å². The van der Waals surface area contributed by atoms with Crippen LogP contribution in [0.3, 0.4) is 0 Å². The van der Waals surface area contributed by atoms with Crippen molar-refractivity contribution in [3.8, 4) is 11.4 Å². The second-order valence-electron chi connectivity index (χ2n) is 5.91. The molecular weight excluding hydrogens is 256 g/mol. The Balaban J connectivity index is 1.84. The second kappa shape index (κ2) is 8.66. The lowest BCUT2D eigenvalue weighted by molar-refractivity contribution is -0.659. The minimum absolute atomic E-state index is 1.12. The second-order valence-corrected chi connectivity index (χ2v) is 5.91. The van der Waals surface area contributed by atoms with Crippen molar-refractivity contribution in [2.24, 2.45) is 7.05 Å². The maximum atomic E-state index is 2.39. The van der Waals surface area contributed by atoms with Gasteiger partial charge in [-0.2, -0.15) is 0 Å². The largest absolute Gasteiger partial charge is 0.288 e. The molecule has 0 aliphatic rings. The van der Waals surface area contributed by atoms with Crippen molar-refractivity contribution in [1.82, 2.24) is 4.57 Å². The summed E-state index contributed by atoms with van der Waals surface area (Å²) in [5.74, 6) is 1.31. The molecule has 2 rings (SSSR count). The van der Waals surface area contributed by atoms with Gasteiger partial charge < -0.3 is 0 Å². The standard InChI is InChI=1S/C19H29N2/c1-3-4-5-6-7-8-12-15-21-17-16-20(2)19(21)18-13-10-9-11-14-18/h9-11,13-14,16-17H,3-8,12,15H2,1-2H3/q+1. The third-order valence-electron chi connectivity index (χ3n) is 4.11. The van der Waals surface area contributed by atoms with Crippen LogP contribution in [0.4, 0.5) is 0 Å². The monoisotopic (exact) mass is 285 g/mol. The zero-order valence-electron chi connectivity index (χ0n) is 13.6. The van der Waals surface area contributed by atoms with E-state index < -0.39 is 0 Å². The predicted molar refractivity (Wildman–Crippen MR) is 89.0 cm³/mol. The number of hydrogen-bond acceptors (Lipinski definition) is 0. The summed E-state index contributed by atoms with van der Waals surface area (Å²) >= 11 is 0. The summed E-state index contributed by atoms with van der Waals surface area (Å²) in [6, 6.07) is 10.7. The molecule has 0 spiro atoms. The van der Waals surface area contributed by atoms with Gasteiger partial charge in [-0.15, -0.1) is 0 Å². The van der Waals surface area contributed by atoms with E-state index in [1.54, 1.807) is 0 Å². The highest BCUT2D eigenvalue weighted by Crippen LogP contribution is 2.16. The smallest absolute Gasteiger partial charge is 0.233 e. The fourth-order valence-electron chi connectivity index (χ4n) is 2.90. The van der Waals surface area contributed by atoms with Crippen molar-refractivity contribution in [3.05, 3.63) is 42.7 Å². The highest BCUT2D eigenvalue weighted by Gasteiger charge is 2.15. The van der Waals surface area contributed by atoms with Gasteiger partial charge in [0.25, 0.3) is 5.82 Å². The van der Waals surface area contributed by atoms with E-state index in [0.29, 0.717) is 0 Å². The highest BCUT2D eigenvalue weighted by atomic mass is 15.1.